The summed E-state index contributed by atoms with van der Waals surface area (Å²) in [6.45, 7) is 0. The van der Waals surface area contributed by atoms with Gasteiger partial charge >= 0.3 is 0 Å². The van der Waals surface area contributed by atoms with Crippen molar-refractivity contribution in [3.8, 4) is 16.9 Å². The molecule has 0 bridgehead atoms. The summed E-state index contributed by atoms with van der Waals surface area (Å²) in [6.07, 6.45) is 1.22. The zero-order chi connectivity index (χ0) is 29.2. The van der Waals surface area contributed by atoms with E-state index in [1.807, 2.05) is 0 Å². The Morgan fingerprint density at radius 2 is 1.73 bits per heavy atom. The highest BCUT2D eigenvalue weighted by Crippen LogP contribution is 2.53. The van der Waals surface area contributed by atoms with Crippen molar-refractivity contribution in [2.75, 3.05) is 5.32 Å². The third kappa shape index (κ3) is 3.85. The van der Waals surface area contributed by atoms with Gasteiger partial charge in [0.15, 0.2) is 17.1 Å². The van der Waals surface area contributed by atoms with Crippen LogP contribution in [0.4, 0.5) is 5.69 Å². The van der Waals surface area contributed by atoms with Crippen LogP contribution in [0.3, 0.4) is 0 Å². The zero-order valence-corrected chi connectivity index (χ0v) is 21.4. The summed E-state index contributed by atoms with van der Waals surface area (Å²) in [5.74, 6) is -7.02. The number of aliphatic hydroxyl groups excluding tert-OH is 2. The standard InChI is InChI=1S/C30H24N2O9/c31-28(38)24-20(34)12-15-10-14-11-18-17(13-3-5-16(6-4-13)32-29(39)21-2-1-9-41-21)7-8-19(33)23(18)25(35)22(14)26(36)30(15,40)27(24)37/h1-9,14-15,33,35,37,40H,10-12H2,(H2,31,38)(H,32,39)/t14-,15+,30+/m1/s1. The summed E-state index contributed by atoms with van der Waals surface area (Å²) in [7, 11) is 0. The summed E-state index contributed by atoms with van der Waals surface area (Å²) < 4.78 is 5.10. The second-order valence-corrected chi connectivity index (χ2v) is 10.4. The van der Waals surface area contributed by atoms with Crippen LogP contribution in [0.15, 0.2) is 76.1 Å². The van der Waals surface area contributed by atoms with Crippen molar-refractivity contribution in [1.82, 2.24) is 0 Å². The number of phenolic OH excluding ortho intramolecular Hbond substituents is 1. The van der Waals surface area contributed by atoms with Crippen molar-refractivity contribution < 1.29 is 44.0 Å². The minimum atomic E-state index is -2.61. The van der Waals surface area contributed by atoms with Crippen LogP contribution in [0, 0.1) is 11.8 Å². The predicted molar refractivity (Wildman–Crippen MR) is 143 cm³/mol. The van der Waals surface area contributed by atoms with Crippen LogP contribution in [0.25, 0.3) is 16.9 Å². The largest absolute Gasteiger partial charge is 0.508 e. The first-order valence-electron chi connectivity index (χ1n) is 12.8. The highest BCUT2D eigenvalue weighted by molar-refractivity contribution is 6.22. The molecule has 1 fully saturated rings. The van der Waals surface area contributed by atoms with E-state index in [1.165, 1.54) is 18.4 Å². The SMILES string of the molecule is NC(=O)C1=C(O)[C@@]2(O)C(=O)C3=C(O)c4c(O)ccc(-c5ccc(NC(=O)c6ccco6)cc5)c4C[C@H]3C[C@H]2CC1=O. The fraction of sp³-hybridized carbons (Fsp3) is 0.200. The fourth-order valence-electron chi connectivity index (χ4n) is 6.23. The zero-order valence-electron chi connectivity index (χ0n) is 21.4. The molecule has 1 saturated carbocycles. The maximum atomic E-state index is 13.6. The number of ketones is 2. The lowest BCUT2D eigenvalue weighted by atomic mass is 9.59. The number of fused-ring (bicyclic) bond motifs is 3. The number of rotatable bonds is 4. The molecule has 0 radical (unpaired) electrons. The van der Waals surface area contributed by atoms with Gasteiger partial charge in [0.1, 0.15) is 22.8 Å². The Hall–Kier alpha value is -5.16. The van der Waals surface area contributed by atoms with Crippen LogP contribution in [0.2, 0.25) is 0 Å². The lowest BCUT2D eigenvalue weighted by molar-refractivity contribution is -0.147. The van der Waals surface area contributed by atoms with Crippen LogP contribution in [0.1, 0.15) is 34.5 Å². The van der Waals surface area contributed by atoms with Gasteiger partial charge < -0.3 is 35.9 Å². The highest BCUT2D eigenvalue weighted by Gasteiger charge is 2.60. The molecule has 3 aromatic rings. The third-order valence-corrected chi connectivity index (χ3v) is 8.15. The molecular weight excluding hydrogens is 532 g/mol. The van der Waals surface area contributed by atoms with E-state index >= 15 is 0 Å². The number of aliphatic hydroxyl groups is 3. The molecule has 7 N–H and O–H groups in total. The molecule has 1 aromatic heterocycles. The number of hydrogen-bond donors (Lipinski definition) is 6. The van der Waals surface area contributed by atoms with Gasteiger partial charge in [-0.3, -0.25) is 19.2 Å². The molecule has 2 amide bonds. The summed E-state index contributed by atoms with van der Waals surface area (Å²) in [5.41, 5.74) is 3.98. The predicted octanol–water partition coefficient (Wildman–Crippen LogP) is 2.94. The van der Waals surface area contributed by atoms with Crippen molar-refractivity contribution in [3.63, 3.8) is 0 Å². The Morgan fingerprint density at radius 1 is 1.00 bits per heavy atom. The number of nitrogens with two attached hydrogens (primary N) is 1. The molecule has 3 aliphatic carbocycles. The van der Waals surface area contributed by atoms with Gasteiger partial charge in [-0.2, -0.15) is 0 Å². The number of anilines is 1. The van der Waals surface area contributed by atoms with Crippen LogP contribution >= 0.6 is 0 Å². The molecule has 6 rings (SSSR count). The van der Waals surface area contributed by atoms with Gasteiger partial charge in [0.2, 0.25) is 5.78 Å². The molecule has 3 aliphatic rings. The number of benzene rings is 2. The molecule has 0 spiro atoms. The summed E-state index contributed by atoms with van der Waals surface area (Å²) in [4.78, 5) is 50.3. The van der Waals surface area contributed by atoms with Gasteiger partial charge in [-0.15, -0.1) is 0 Å². The van der Waals surface area contributed by atoms with E-state index in [0.29, 0.717) is 22.4 Å². The average molecular weight is 557 g/mol. The topological polar surface area (TPSA) is 200 Å². The second kappa shape index (κ2) is 9.20. The molecule has 41 heavy (non-hydrogen) atoms. The second-order valence-electron chi connectivity index (χ2n) is 10.4. The monoisotopic (exact) mass is 556 g/mol. The van der Waals surface area contributed by atoms with Crippen LogP contribution in [0.5, 0.6) is 5.75 Å². The Balaban J connectivity index is 1.39. The number of Topliss-reactive ketones (excluding diaryl/α,β-unsaturated/α-hetero) is 2. The molecule has 1 heterocycles. The van der Waals surface area contributed by atoms with Crippen molar-refractivity contribution in [1.29, 1.82) is 0 Å². The molecule has 11 heteroatoms. The number of nitrogens with one attached hydrogen (secondary N) is 1. The summed E-state index contributed by atoms with van der Waals surface area (Å²) in [6, 6.07) is 13.0. The molecule has 0 aliphatic heterocycles. The van der Waals surface area contributed by atoms with E-state index in [0.717, 1.165) is 0 Å². The van der Waals surface area contributed by atoms with E-state index in [4.69, 9.17) is 10.2 Å². The molecule has 2 aromatic carbocycles. The molecule has 208 valence electrons. The van der Waals surface area contributed by atoms with Gasteiger partial charge in [-0.25, -0.2) is 0 Å². The van der Waals surface area contributed by atoms with Crippen LogP contribution in [-0.4, -0.2) is 49.4 Å². The first-order valence-corrected chi connectivity index (χ1v) is 12.8. The lowest BCUT2D eigenvalue weighted by Crippen LogP contribution is -2.58. The first kappa shape index (κ1) is 26.1. The molecule has 11 nitrogen and oxygen atoms in total. The number of primary amides is 1. The lowest BCUT2D eigenvalue weighted by Gasteiger charge is -2.46. The van der Waals surface area contributed by atoms with Gasteiger partial charge in [0.05, 0.1) is 11.8 Å². The minimum absolute atomic E-state index is 0.00447. The smallest absolute Gasteiger partial charge is 0.291 e. The number of furan rings is 1. The quantitative estimate of drug-likeness (QED) is 0.261. The molecular formula is C30H24N2O9. The maximum absolute atomic E-state index is 13.6. The minimum Gasteiger partial charge on any atom is -0.508 e. The number of carbonyl (C=O) groups excluding carboxylic acids is 4. The van der Waals surface area contributed by atoms with Crippen molar-refractivity contribution in [2.24, 2.45) is 17.6 Å². The summed E-state index contributed by atoms with van der Waals surface area (Å²) >= 11 is 0. The van der Waals surface area contributed by atoms with Crippen LogP contribution < -0.4 is 11.1 Å². The number of carbonyl (C=O) groups is 4. The van der Waals surface area contributed by atoms with Crippen molar-refractivity contribution in [3.05, 3.63) is 88.6 Å². The molecule has 3 atom stereocenters. The Morgan fingerprint density at radius 3 is 2.39 bits per heavy atom. The highest BCUT2D eigenvalue weighted by atomic mass is 16.4. The van der Waals surface area contributed by atoms with E-state index < -0.39 is 57.9 Å². The van der Waals surface area contributed by atoms with E-state index in [2.05, 4.69) is 5.32 Å². The first-order chi connectivity index (χ1) is 19.5. The number of phenols is 1. The fourth-order valence-corrected chi connectivity index (χ4v) is 6.23. The van der Waals surface area contributed by atoms with Gasteiger partial charge in [-0.1, -0.05) is 18.2 Å². The van der Waals surface area contributed by atoms with Gasteiger partial charge in [0.25, 0.3) is 11.8 Å². The third-order valence-electron chi connectivity index (χ3n) is 8.15. The van der Waals surface area contributed by atoms with E-state index in [-0.39, 0.29) is 41.9 Å². The molecule has 0 saturated heterocycles. The van der Waals surface area contributed by atoms with E-state index in [9.17, 15) is 39.6 Å². The van der Waals surface area contributed by atoms with Gasteiger partial charge in [0, 0.05) is 23.6 Å². The van der Waals surface area contributed by atoms with Crippen molar-refractivity contribution in [2.45, 2.75) is 24.9 Å². The van der Waals surface area contributed by atoms with Crippen molar-refractivity contribution >= 4 is 34.8 Å². The van der Waals surface area contributed by atoms with Gasteiger partial charge in [-0.05, 0) is 65.8 Å². The number of aromatic hydroxyl groups is 1. The normalized spacial score (nSPS) is 23.5. The number of amides is 2. The van der Waals surface area contributed by atoms with E-state index in [1.54, 1.807) is 36.4 Å². The summed E-state index contributed by atoms with van der Waals surface area (Å²) in [5, 5.41) is 46.8. The van der Waals surface area contributed by atoms with Crippen LogP contribution in [-0.2, 0) is 20.8 Å². The maximum Gasteiger partial charge on any atom is 0.291 e. The Labute approximate surface area is 232 Å². The Kier molecular flexibility index (Phi) is 5.86. The Bertz CT molecular complexity index is 1720. The average Bonchev–Trinajstić information content (AvgIpc) is 3.47. The molecule has 0 unspecified atom stereocenters. The number of hydrogen-bond acceptors (Lipinski definition) is 9.